The minimum absolute atomic E-state index is 0.0814. The van der Waals surface area contributed by atoms with Gasteiger partial charge in [0.25, 0.3) is 0 Å². The van der Waals surface area contributed by atoms with Crippen LogP contribution >= 0.6 is 0 Å². The summed E-state index contributed by atoms with van der Waals surface area (Å²) in [4.78, 5) is 24.1. The van der Waals surface area contributed by atoms with Crippen LogP contribution in [0.15, 0.2) is 12.2 Å². The van der Waals surface area contributed by atoms with Crippen molar-refractivity contribution < 1.29 is 19.1 Å². The lowest BCUT2D eigenvalue weighted by atomic mass is 9.85. The molecule has 0 spiro atoms. The van der Waals surface area contributed by atoms with E-state index in [9.17, 15) is 9.59 Å². The Morgan fingerprint density at radius 3 is 2.56 bits per heavy atom. The maximum Gasteiger partial charge on any atom is 0.313 e. The van der Waals surface area contributed by atoms with Crippen molar-refractivity contribution in [2.45, 2.75) is 46.5 Å². The van der Waals surface area contributed by atoms with Gasteiger partial charge in [0.15, 0.2) is 0 Å². The zero-order chi connectivity index (χ0) is 13.7. The van der Waals surface area contributed by atoms with Crippen molar-refractivity contribution in [1.82, 2.24) is 0 Å². The first-order valence-corrected chi connectivity index (χ1v) is 6.32. The molecule has 0 aliphatic carbocycles. The van der Waals surface area contributed by atoms with Crippen LogP contribution in [0.2, 0.25) is 0 Å². The van der Waals surface area contributed by atoms with Gasteiger partial charge in [-0.05, 0) is 33.8 Å². The van der Waals surface area contributed by atoms with E-state index in [1.165, 1.54) is 0 Å². The average molecular weight is 252 g/mol. The van der Waals surface area contributed by atoms with Gasteiger partial charge in [0.2, 0.25) is 5.79 Å². The number of hydrogen-bond acceptors (Lipinski definition) is 4. The minimum atomic E-state index is -1.20. The minimum Gasteiger partial charge on any atom is -0.428 e. The second-order valence-corrected chi connectivity index (χ2v) is 6.22. The number of hydrogen-bond donors (Lipinski definition) is 0. The van der Waals surface area contributed by atoms with Gasteiger partial charge < -0.3 is 9.47 Å². The Morgan fingerprint density at radius 1 is 1.39 bits per heavy atom. The van der Waals surface area contributed by atoms with Gasteiger partial charge in [0.05, 0.1) is 17.4 Å². The molecule has 100 valence electrons. The van der Waals surface area contributed by atoms with Crippen LogP contribution in [0.1, 0.15) is 34.6 Å². The average Bonchev–Trinajstić information content (AvgIpc) is 2.66. The molecule has 0 aromatic heterocycles. The fraction of sp³-hybridized carbons (Fsp3) is 0.714. The van der Waals surface area contributed by atoms with E-state index in [0.29, 0.717) is 0 Å². The Balaban J connectivity index is 2.25. The van der Waals surface area contributed by atoms with Crippen LogP contribution in [-0.2, 0) is 19.1 Å². The molecule has 4 atom stereocenters. The highest BCUT2D eigenvalue weighted by Crippen LogP contribution is 2.42. The molecule has 2 aliphatic rings. The van der Waals surface area contributed by atoms with E-state index < -0.39 is 17.1 Å². The Morgan fingerprint density at radius 2 is 2.00 bits per heavy atom. The Hall–Kier alpha value is -1.16. The Kier molecular flexibility index (Phi) is 2.89. The number of carbonyl (C=O) groups is 2. The van der Waals surface area contributed by atoms with E-state index in [0.717, 1.165) is 0 Å². The molecule has 0 unspecified atom stereocenters. The van der Waals surface area contributed by atoms with Gasteiger partial charge in [-0.15, -0.1) is 0 Å². The van der Waals surface area contributed by atoms with Crippen molar-refractivity contribution >= 4 is 11.8 Å². The Labute approximate surface area is 107 Å². The maximum absolute atomic E-state index is 12.1. The van der Waals surface area contributed by atoms with Crippen LogP contribution in [-0.4, -0.2) is 23.6 Å². The summed E-state index contributed by atoms with van der Waals surface area (Å²) in [6, 6.07) is 0. The molecular formula is C14H20O4. The van der Waals surface area contributed by atoms with Gasteiger partial charge in [0.1, 0.15) is 5.78 Å². The number of esters is 1. The van der Waals surface area contributed by atoms with E-state index in [4.69, 9.17) is 9.47 Å². The van der Waals surface area contributed by atoms with Crippen molar-refractivity contribution in [1.29, 1.82) is 0 Å². The van der Waals surface area contributed by atoms with Crippen LogP contribution in [0.25, 0.3) is 0 Å². The fourth-order valence-corrected chi connectivity index (χ4v) is 2.23. The largest absolute Gasteiger partial charge is 0.428 e. The summed E-state index contributed by atoms with van der Waals surface area (Å²) in [5.41, 5.74) is -0.615. The van der Waals surface area contributed by atoms with Crippen LogP contribution in [0, 0.1) is 17.3 Å². The zero-order valence-corrected chi connectivity index (χ0v) is 11.5. The topological polar surface area (TPSA) is 52.6 Å². The standard InChI is InChI=1S/C14H20O4/c1-8-10-6-7-14(17-10,9(2)11(8)15)18-12(16)13(3,4)5/h6-10H,1-5H3/t8-,9+,10-,14+/m1/s1. The first-order valence-electron chi connectivity index (χ1n) is 6.32. The molecule has 2 rings (SSSR count). The highest BCUT2D eigenvalue weighted by Gasteiger charge is 2.55. The molecule has 0 amide bonds. The van der Waals surface area contributed by atoms with Crippen molar-refractivity contribution in [3.8, 4) is 0 Å². The molecule has 2 aliphatic heterocycles. The van der Waals surface area contributed by atoms with Gasteiger partial charge in [-0.1, -0.05) is 13.0 Å². The van der Waals surface area contributed by atoms with Crippen molar-refractivity contribution in [2.24, 2.45) is 17.3 Å². The molecule has 1 saturated heterocycles. The molecule has 2 heterocycles. The first kappa shape index (κ1) is 13.3. The van der Waals surface area contributed by atoms with Gasteiger partial charge in [-0.2, -0.15) is 0 Å². The normalized spacial score (nSPS) is 38.9. The summed E-state index contributed by atoms with van der Waals surface area (Å²) in [6.45, 7) is 8.93. The van der Waals surface area contributed by atoms with Crippen LogP contribution < -0.4 is 0 Å². The highest BCUT2D eigenvalue weighted by atomic mass is 16.7. The molecule has 2 bridgehead atoms. The summed E-state index contributed by atoms with van der Waals surface area (Å²) in [5.74, 6) is -2.12. The molecule has 0 aromatic rings. The third-order valence-electron chi connectivity index (χ3n) is 3.67. The third-order valence-corrected chi connectivity index (χ3v) is 3.67. The van der Waals surface area contributed by atoms with Crippen LogP contribution in [0.3, 0.4) is 0 Å². The molecular weight excluding hydrogens is 232 g/mol. The number of ether oxygens (including phenoxy) is 2. The lowest BCUT2D eigenvalue weighted by Gasteiger charge is -2.40. The molecule has 4 heteroatoms. The van der Waals surface area contributed by atoms with Crippen molar-refractivity contribution in [3.05, 3.63) is 12.2 Å². The number of ketones is 1. The summed E-state index contributed by atoms with van der Waals surface area (Å²) >= 11 is 0. The van der Waals surface area contributed by atoms with Gasteiger partial charge in [0, 0.05) is 5.92 Å². The zero-order valence-electron chi connectivity index (χ0n) is 11.5. The molecule has 0 aromatic carbocycles. The molecule has 1 fully saturated rings. The number of carbonyl (C=O) groups excluding carboxylic acids is 2. The molecule has 0 saturated carbocycles. The van der Waals surface area contributed by atoms with Gasteiger partial charge in [-0.3, -0.25) is 9.59 Å². The van der Waals surface area contributed by atoms with Gasteiger partial charge in [-0.25, -0.2) is 0 Å². The first-order chi connectivity index (χ1) is 8.17. The maximum atomic E-state index is 12.1. The molecule has 0 N–H and O–H groups in total. The second kappa shape index (κ2) is 3.92. The lowest BCUT2D eigenvalue weighted by molar-refractivity contribution is -0.250. The number of rotatable bonds is 1. The van der Waals surface area contributed by atoms with E-state index >= 15 is 0 Å². The Bertz CT molecular complexity index is 418. The van der Waals surface area contributed by atoms with E-state index in [1.807, 2.05) is 13.0 Å². The number of fused-ring (bicyclic) bond motifs is 2. The fourth-order valence-electron chi connectivity index (χ4n) is 2.23. The lowest BCUT2D eigenvalue weighted by Crippen LogP contribution is -2.53. The van der Waals surface area contributed by atoms with Crippen LogP contribution in [0.4, 0.5) is 0 Å². The monoisotopic (exact) mass is 252 g/mol. The highest BCUT2D eigenvalue weighted by molar-refractivity contribution is 5.87. The summed E-state index contributed by atoms with van der Waals surface area (Å²) in [6.07, 6.45) is 3.26. The van der Waals surface area contributed by atoms with E-state index in [1.54, 1.807) is 33.8 Å². The number of Topliss-reactive ketones (excluding diaryl/α,β-unsaturated/α-hetero) is 1. The van der Waals surface area contributed by atoms with E-state index in [-0.39, 0.29) is 23.8 Å². The summed E-state index contributed by atoms with van der Waals surface area (Å²) in [7, 11) is 0. The quantitative estimate of drug-likeness (QED) is 0.529. The predicted molar refractivity (Wildman–Crippen MR) is 65.6 cm³/mol. The van der Waals surface area contributed by atoms with Gasteiger partial charge >= 0.3 is 5.97 Å². The van der Waals surface area contributed by atoms with Crippen molar-refractivity contribution in [3.63, 3.8) is 0 Å². The smallest absolute Gasteiger partial charge is 0.313 e. The van der Waals surface area contributed by atoms with Crippen LogP contribution in [0.5, 0.6) is 0 Å². The molecule has 18 heavy (non-hydrogen) atoms. The summed E-state index contributed by atoms with van der Waals surface area (Å²) < 4.78 is 11.3. The SMILES string of the molecule is C[C@H]1C(=O)[C@H](C)[C@@]2(OC(=O)C(C)(C)C)C=C[C@H]1O2. The predicted octanol–water partition coefficient (Wildman–Crippen LogP) is 2.08. The van der Waals surface area contributed by atoms with Crippen molar-refractivity contribution in [2.75, 3.05) is 0 Å². The molecule has 4 nitrogen and oxygen atoms in total. The summed E-state index contributed by atoms with van der Waals surface area (Å²) in [5, 5.41) is 0. The molecule has 0 radical (unpaired) electrons. The third kappa shape index (κ3) is 1.88. The van der Waals surface area contributed by atoms with E-state index in [2.05, 4.69) is 0 Å². The second-order valence-electron chi connectivity index (χ2n) is 6.22.